The average Bonchev–Trinajstić information content (AvgIpc) is 2.26. The van der Waals surface area contributed by atoms with Crippen LogP contribution in [-0.2, 0) is 9.53 Å². The lowest BCUT2D eigenvalue weighted by Gasteiger charge is -2.29. The molecule has 0 bridgehead atoms. The second-order valence-corrected chi connectivity index (χ2v) is 3.75. The third kappa shape index (κ3) is 4.40. The Morgan fingerprint density at radius 2 is 2.53 bits per heavy atom. The first-order valence-electron chi connectivity index (χ1n) is 5.00. The first kappa shape index (κ1) is 12.1. The highest BCUT2D eigenvalue weighted by Gasteiger charge is 2.13. The van der Waals surface area contributed by atoms with Crippen molar-refractivity contribution in [2.45, 2.75) is 6.42 Å². The van der Waals surface area contributed by atoms with Crippen LogP contribution in [0, 0.1) is 0 Å². The van der Waals surface area contributed by atoms with Crippen molar-refractivity contribution in [1.82, 2.24) is 10.2 Å². The Morgan fingerprint density at radius 1 is 1.73 bits per heavy atom. The van der Waals surface area contributed by atoms with Crippen LogP contribution in [0.3, 0.4) is 0 Å². The maximum atomic E-state index is 10.8. The molecule has 84 valence electrons. The first-order chi connectivity index (χ1) is 7.24. The van der Waals surface area contributed by atoms with Gasteiger partial charge < -0.3 is 15.0 Å². The van der Waals surface area contributed by atoms with Gasteiger partial charge in [0.25, 0.3) is 0 Å². The maximum Gasteiger partial charge on any atom is 0.243 e. The standard InChI is InChI=1S/C10H16N2O2S/c1-2-9(13)11-4-3-5-12-6-7-14-8-10(12)15/h2H,1,3-8H2,(H,11,13). The zero-order chi connectivity index (χ0) is 11.1. The first-order valence-corrected chi connectivity index (χ1v) is 5.40. The summed E-state index contributed by atoms with van der Waals surface area (Å²) in [6, 6.07) is 0. The van der Waals surface area contributed by atoms with Gasteiger partial charge in [0.2, 0.25) is 5.91 Å². The van der Waals surface area contributed by atoms with Crippen LogP contribution in [0.15, 0.2) is 12.7 Å². The molecular formula is C10H16N2O2S. The van der Waals surface area contributed by atoms with Gasteiger partial charge in [0.15, 0.2) is 0 Å². The van der Waals surface area contributed by atoms with Crippen LogP contribution in [0.1, 0.15) is 6.42 Å². The highest BCUT2D eigenvalue weighted by Crippen LogP contribution is 2.01. The molecule has 1 amide bonds. The minimum Gasteiger partial charge on any atom is -0.372 e. The van der Waals surface area contributed by atoms with Crippen molar-refractivity contribution in [2.24, 2.45) is 0 Å². The van der Waals surface area contributed by atoms with E-state index >= 15 is 0 Å². The van der Waals surface area contributed by atoms with Gasteiger partial charge in [-0.1, -0.05) is 18.8 Å². The van der Waals surface area contributed by atoms with Crippen molar-refractivity contribution < 1.29 is 9.53 Å². The van der Waals surface area contributed by atoms with Gasteiger partial charge in [-0.3, -0.25) is 4.79 Å². The molecule has 0 aromatic carbocycles. The summed E-state index contributed by atoms with van der Waals surface area (Å²) < 4.78 is 5.21. The molecule has 1 aliphatic heterocycles. The van der Waals surface area contributed by atoms with Crippen LogP contribution < -0.4 is 5.32 Å². The van der Waals surface area contributed by atoms with Crippen LogP contribution in [0.5, 0.6) is 0 Å². The molecule has 0 spiro atoms. The molecular weight excluding hydrogens is 212 g/mol. The third-order valence-corrected chi connectivity index (χ3v) is 2.55. The average molecular weight is 228 g/mol. The van der Waals surface area contributed by atoms with Gasteiger partial charge in [0.1, 0.15) is 4.99 Å². The van der Waals surface area contributed by atoms with Crippen molar-refractivity contribution in [1.29, 1.82) is 0 Å². The molecule has 0 saturated carbocycles. The molecule has 15 heavy (non-hydrogen) atoms. The number of ether oxygens (including phenoxy) is 1. The summed E-state index contributed by atoms with van der Waals surface area (Å²) in [7, 11) is 0. The van der Waals surface area contributed by atoms with E-state index in [-0.39, 0.29) is 5.91 Å². The number of nitrogens with one attached hydrogen (secondary N) is 1. The van der Waals surface area contributed by atoms with Crippen molar-refractivity contribution in [3.05, 3.63) is 12.7 Å². The zero-order valence-electron chi connectivity index (χ0n) is 8.70. The molecule has 5 heteroatoms. The van der Waals surface area contributed by atoms with E-state index in [1.54, 1.807) is 0 Å². The lowest BCUT2D eigenvalue weighted by Crippen LogP contribution is -2.41. The molecule has 1 heterocycles. The fraction of sp³-hybridized carbons (Fsp3) is 0.600. The predicted octanol–water partition coefficient (Wildman–Crippen LogP) is 0.338. The van der Waals surface area contributed by atoms with E-state index in [1.165, 1.54) is 6.08 Å². The second kappa shape index (κ2) is 6.53. The van der Waals surface area contributed by atoms with E-state index in [0.29, 0.717) is 13.2 Å². The zero-order valence-corrected chi connectivity index (χ0v) is 9.52. The number of hydrogen-bond donors (Lipinski definition) is 1. The normalized spacial score (nSPS) is 16.3. The lowest BCUT2D eigenvalue weighted by molar-refractivity contribution is -0.116. The molecule has 1 rings (SSSR count). The van der Waals surface area contributed by atoms with Crippen molar-refractivity contribution in [2.75, 3.05) is 32.8 Å². The number of carbonyl (C=O) groups is 1. The Morgan fingerprint density at radius 3 is 3.20 bits per heavy atom. The fourth-order valence-electron chi connectivity index (χ4n) is 1.34. The largest absolute Gasteiger partial charge is 0.372 e. The second-order valence-electron chi connectivity index (χ2n) is 3.28. The fourth-order valence-corrected chi connectivity index (χ4v) is 1.61. The summed E-state index contributed by atoms with van der Waals surface area (Å²) >= 11 is 5.15. The van der Waals surface area contributed by atoms with E-state index in [4.69, 9.17) is 17.0 Å². The molecule has 0 aromatic heterocycles. The van der Waals surface area contributed by atoms with E-state index in [9.17, 15) is 4.79 Å². The van der Waals surface area contributed by atoms with Gasteiger partial charge in [-0.15, -0.1) is 0 Å². The Kier molecular flexibility index (Phi) is 5.28. The molecule has 0 atom stereocenters. The monoisotopic (exact) mass is 228 g/mol. The number of thiocarbonyl (C=S) groups is 1. The Hall–Kier alpha value is -0.940. The van der Waals surface area contributed by atoms with Crippen molar-refractivity contribution in [3.63, 3.8) is 0 Å². The highest BCUT2D eigenvalue weighted by atomic mass is 32.1. The summed E-state index contributed by atoms with van der Waals surface area (Å²) in [5.74, 6) is -0.125. The Labute approximate surface area is 95.3 Å². The van der Waals surface area contributed by atoms with Gasteiger partial charge in [-0.2, -0.15) is 0 Å². The van der Waals surface area contributed by atoms with Crippen molar-refractivity contribution >= 4 is 23.1 Å². The van der Waals surface area contributed by atoms with Crippen LogP contribution >= 0.6 is 12.2 Å². The van der Waals surface area contributed by atoms with Gasteiger partial charge in [-0.05, 0) is 12.5 Å². The predicted molar refractivity (Wildman–Crippen MR) is 62.8 cm³/mol. The van der Waals surface area contributed by atoms with Gasteiger partial charge in [0, 0.05) is 19.6 Å². The smallest absolute Gasteiger partial charge is 0.243 e. The summed E-state index contributed by atoms with van der Waals surface area (Å²) in [5, 5.41) is 2.73. The summed E-state index contributed by atoms with van der Waals surface area (Å²) in [4.78, 5) is 13.8. The van der Waals surface area contributed by atoms with E-state index in [1.807, 2.05) is 0 Å². The number of carbonyl (C=O) groups excluding carboxylic acids is 1. The quantitative estimate of drug-likeness (QED) is 0.418. The minimum atomic E-state index is -0.125. The number of morpholine rings is 1. The number of amides is 1. The van der Waals surface area contributed by atoms with E-state index < -0.39 is 0 Å². The lowest BCUT2D eigenvalue weighted by atomic mass is 10.3. The van der Waals surface area contributed by atoms with Gasteiger partial charge >= 0.3 is 0 Å². The number of rotatable bonds is 5. The third-order valence-electron chi connectivity index (χ3n) is 2.17. The number of nitrogens with zero attached hydrogens (tertiary/aromatic N) is 1. The maximum absolute atomic E-state index is 10.8. The van der Waals surface area contributed by atoms with Crippen LogP contribution in [0.2, 0.25) is 0 Å². The molecule has 1 N–H and O–H groups in total. The summed E-state index contributed by atoms with van der Waals surface area (Å²) in [6.45, 7) is 7.05. The number of hydrogen-bond acceptors (Lipinski definition) is 3. The molecule has 1 aliphatic rings. The van der Waals surface area contributed by atoms with Gasteiger partial charge in [0.05, 0.1) is 13.2 Å². The molecule has 0 aliphatic carbocycles. The van der Waals surface area contributed by atoms with Crippen LogP contribution in [0.25, 0.3) is 0 Å². The molecule has 1 fully saturated rings. The van der Waals surface area contributed by atoms with Crippen LogP contribution in [-0.4, -0.2) is 48.6 Å². The van der Waals surface area contributed by atoms with E-state index in [0.717, 1.165) is 31.1 Å². The highest BCUT2D eigenvalue weighted by molar-refractivity contribution is 7.80. The summed E-state index contributed by atoms with van der Waals surface area (Å²) in [5.41, 5.74) is 0. The molecule has 0 aromatic rings. The molecule has 4 nitrogen and oxygen atoms in total. The topological polar surface area (TPSA) is 41.6 Å². The Bertz CT molecular complexity index is 256. The minimum absolute atomic E-state index is 0.125. The van der Waals surface area contributed by atoms with E-state index in [2.05, 4.69) is 16.8 Å². The Balaban J connectivity index is 2.11. The molecule has 1 saturated heterocycles. The molecule has 0 radical (unpaired) electrons. The summed E-state index contributed by atoms with van der Waals surface area (Å²) in [6.07, 6.45) is 2.17. The van der Waals surface area contributed by atoms with Crippen LogP contribution in [0.4, 0.5) is 0 Å². The molecule has 0 unspecified atom stereocenters. The van der Waals surface area contributed by atoms with Gasteiger partial charge in [-0.25, -0.2) is 0 Å². The SMILES string of the molecule is C=CC(=O)NCCCN1CCOCC1=S. The van der Waals surface area contributed by atoms with Crippen molar-refractivity contribution in [3.8, 4) is 0 Å².